The van der Waals surface area contributed by atoms with Crippen LogP contribution >= 0.6 is 12.2 Å². The average Bonchev–Trinajstić information content (AvgIpc) is 2.39. The summed E-state index contributed by atoms with van der Waals surface area (Å²) in [6.45, 7) is 9.80. The molecule has 1 unspecified atom stereocenters. The van der Waals surface area contributed by atoms with E-state index < -0.39 is 0 Å². The number of rotatable bonds is 10. The highest BCUT2D eigenvalue weighted by Gasteiger charge is 2.12. The monoisotopic (exact) mass is 285 g/mol. The first-order chi connectivity index (χ1) is 9.01. The molecule has 1 N–H and O–H groups in total. The van der Waals surface area contributed by atoms with Gasteiger partial charge in [-0.25, -0.2) is 4.79 Å². The van der Waals surface area contributed by atoms with Crippen LogP contribution in [0.1, 0.15) is 59.3 Å². The zero-order valence-corrected chi connectivity index (χ0v) is 13.3. The molecular formula is C15H27NO2S. The fourth-order valence-electron chi connectivity index (χ4n) is 1.64. The Labute approximate surface area is 122 Å². The van der Waals surface area contributed by atoms with Crippen LogP contribution in [-0.2, 0) is 9.53 Å². The Balaban J connectivity index is 4.13. The fraction of sp³-hybridized carbons (Fsp3) is 0.733. The number of carbonyl (C=O) groups is 1. The minimum Gasteiger partial charge on any atom is -0.460 e. The van der Waals surface area contributed by atoms with Gasteiger partial charge in [-0.15, -0.1) is 0 Å². The molecule has 0 saturated carbocycles. The summed E-state index contributed by atoms with van der Waals surface area (Å²) in [5.74, 6) is -0.331. The van der Waals surface area contributed by atoms with Crippen molar-refractivity contribution in [2.24, 2.45) is 0 Å². The summed E-state index contributed by atoms with van der Waals surface area (Å²) >= 11 is 5.20. The number of unbranched alkanes of at least 4 members (excludes halogenated alkanes) is 3. The second-order valence-electron chi connectivity index (χ2n) is 4.85. The zero-order valence-electron chi connectivity index (χ0n) is 12.5. The fourth-order valence-corrected chi connectivity index (χ4v) is 1.81. The topological polar surface area (TPSA) is 38.3 Å². The Bertz CT molecular complexity index is 303. The molecule has 0 rings (SSSR count). The molecule has 0 aliphatic rings. The molecule has 0 spiro atoms. The number of carbonyl (C=O) groups excluding carboxylic acids is 1. The molecule has 0 aromatic rings. The van der Waals surface area contributed by atoms with Gasteiger partial charge in [0.05, 0.1) is 11.0 Å². The summed E-state index contributed by atoms with van der Waals surface area (Å²) in [5.41, 5.74) is 0.433. The molecule has 0 heterocycles. The van der Waals surface area contributed by atoms with Crippen molar-refractivity contribution in [2.45, 2.75) is 65.3 Å². The Morgan fingerprint density at radius 1 is 1.32 bits per heavy atom. The van der Waals surface area contributed by atoms with Crippen molar-refractivity contribution in [3.63, 3.8) is 0 Å². The van der Waals surface area contributed by atoms with Gasteiger partial charge in [-0.05, 0) is 19.8 Å². The minimum atomic E-state index is -0.331. The number of ether oxygens (including phenoxy) is 1. The van der Waals surface area contributed by atoms with Crippen LogP contribution in [-0.4, -0.2) is 23.6 Å². The van der Waals surface area contributed by atoms with Crippen LogP contribution < -0.4 is 5.32 Å². The van der Waals surface area contributed by atoms with Crippen LogP contribution in [0.4, 0.5) is 0 Å². The molecule has 0 radical (unpaired) electrons. The quantitative estimate of drug-likeness (QED) is 0.287. The molecule has 1 atom stereocenters. The van der Waals surface area contributed by atoms with Crippen LogP contribution in [0.3, 0.4) is 0 Å². The van der Waals surface area contributed by atoms with Crippen LogP contribution in [0.5, 0.6) is 0 Å². The minimum absolute atomic E-state index is 0.118. The van der Waals surface area contributed by atoms with E-state index in [9.17, 15) is 4.79 Å². The second kappa shape index (κ2) is 11.0. The number of hydrogen-bond acceptors (Lipinski definition) is 3. The molecule has 110 valence electrons. The lowest BCUT2D eigenvalue weighted by atomic mass is 10.1. The molecule has 0 fully saturated rings. The van der Waals surface area contributed by atoms with E-state index in [0.29, 0.717) is 12.2 Å². The lowest BCUT2D eigenvalue weighted by molar-refractivity contribution is -0.139. The summed E-state index contributed by atoms with van der Waals surface area (Å²) in [7, 11) is 0. The molecule has 3 nitrogen and oxygen atoms in total. The highest BCUT2D eigenvalue weighted by atomic mass is 32.1. The highest BCUT2D eigenvalue weighted by molar-refractivity contribution is 7.80. The van der Waals surface area contributed by atoms with Crippen molar-refractivity contribution in [1.29, 1.82) is 0 Å². The molecule has 19 heavy (non-hydrogen) atoms. The number of esters is 1. The summed E-state index contributed by atoms with van der Waals surface area (Å²) in [6, 6.07) is 0.118. The lowest BCUT2D eigenvalue weighted by Crippen LogP contribution is -2.37. The van der Waals surface area contributed by atoms with Crippen LogP contribution in [0, 0.1) is 0 Å². The first-order valence-corrected chi connectivity index (χ1v) is 7.54. The Hall–Kier alpha value is -0.900. The van der Waals surface area contributed by atoms with Gasteiger partial charge in [0, 0.05) is 5.57 Å². The van der Waals surface area contributed by atoms with E-state index in [-0.39, 0.29) is 12.0 Å². The molecule has 0 aromatic carbocycles. The summed E-state index contributed by atoms with van der Waals surface area (Å²) in [4.78, 5) is 12.2. The van der Waals surface area contributed by atoms with Crippen molar-refractivity contribution in [3.05, 3.63) is 12.2 Å². The van der Waals surface area contributed by atoms with E-state index >= 15 is 0 Å². The van der Waals surface area contributed by atoms with Crippen LogP contribution in [0.25, 0.3) is 0 Å². The highest BCUT2D eigenvalue weighted by Crippen LogP contribution is 2.07. The van der Waals surface area contributed by atoms with Gasteiger partial charge in [0.1, 0.15) is 6.61 Å². The third kappa shape index (κ3) is 9.65. The Morgan fingerprint density at radius 3 is 2.53 bits per heavy atom. The lowest BCUT2D eigenvalue weighted by Gasteiger charge is -2.20. The van der Waals surface area contributed by atoms with Gasteiger partial charge in [-0.1, -0.05) is 58.3 Å². The Morgan fingerprint density at radius 2 is 2.00 bits per heavy atom. The van der Waals surface area contributed by atoms with Crippen molar-refractivity contribution in [2.75, 3.05) is 6.61 Å². The average molecular weight is 285 g/mol. The maximum absolute atomic E-state index is 11.4. The predicted molar refractivity (Wildman–Crippen MR) is 84.3 cm³/mol. The van der Waals surface area contributed by atoms with Gasteiger partial charge in [0.25, 0.3) is 0 Å². The van der Waals surface area contributed by atoms with E-state index in [2.05, 4.69) is 18.8 Å². The van der Waals surface area contributed by atoms with E-state index in [1.54, 1.807) is 6.92 Å². The maximum Gasteiger partial charge on any atom is 0.333 e. The molecular weight excluding hydrogens is 258 g/mol. The number of thiocarbonyl (C=S) groups is 1. The van der Waals surface area contributed by atoms with Crippen molar-refractivity contribution in [3.8, 4) is 0 Å². The predicted octanol–water partition coefficient (Wildman–Crippen LogP) is 3.77. The van der Waals surface area contributed by atoms with Crippen LogP contribution in [0.2, 0.25) is 0 Å². The van der Waals surface area contributed by atoms with E-state index in [0.717, 1.165) is 24.3 Å². The molecule has 0 aliphatic heterocycles. The molecule has 4 heteroatoms. The van der Waals surface area contributed by atoms with Gasteiger partial charge >= 0.3 is 5.97 Å². The zero-order chi connectivity index (χ0) is 14.7. The summed E-state index contributed by atoms with van der Waals surface area (Å²) in [6.07, 6.45) is 6.59. The van der Waals surface area contributed by atoms with Gasteiger partial charge in [-0.3, -0.25) is 0 Å². The SMILES string of the molecule is C=C(C)C(=O)OCC(CCCCCC)NC(=S)CC. The molecule has 0 bridgehead atoms. The van der Waals surface area contributed by atoms with Crippen molar-refractivity contribution in [1.82, 2.24) is 5.32 Å². The third-order valence-corrected chi connectivity index (χ3v) is 3.26. The third-order valence-electron chi connectivity index (χ3n) is 2.86. The molecule has 0 amide bonds. The van der Waals surface area contributed by atoms with E-state index in [4.69, 9.17) is 17.0 Å². The smallest absolute Gasteiger partial charge is 0.333 e. The molecule has 0 aromatic heterocycles. The second-order valence-corrected chi connectivity index (χ2v) is 5.34. The van der Waals surface area contributed by atoms with Gasteiger partial charge in [0.2, 0.25) is 0 Å². The molecule has 0 aliphatic carbocycles. The Kier molecular flexibility index (Phi) is 10.5. The maximum atomic E-state index is 11.4. The van der Waals surface area contributed by atoms with Crippen molar-refractivity contribution < 1.29 is 9.53 Å². The first kappa shape index (κ1) is 18.1. The summed E-state index contributed by atoms with van der Waals surface area (Å²) < 4.78 is 5.21. The van der Waals surface area contributed by atoms with Crippen LogP contribution in [0.15, 0.2) is 12.2 Å². The van der Waals surface area contributed by atoms with Gasteiger partial charge in [0.15, 0.2) is 0 Å². The summed E-state index contributed by atoms with van der Waals surface area (Å²) in [5, 5.41) is 3.26. The number of nitrogens with one attached hydrogen (secondary N) is 1. The van der Waals surface area contributed by atoms with Gasteiger partial charge < -0.3 is 10.1 Å². The van der Waals surface area contributed by atoms with Crippen molar-refractivity contribution >= 4 is 23.2 Å². The van der Waals surface area contributed by atoms with Gasteiger partial charge in [-0.2, -0.15) is 0 Å². The normalized spacial score (nSPS) is 11.7. The first-order valence-electron chi connectivity index (χ1n) is 7.13. The van der Waals surface area contributed by atoms with E-state index in [1.165, 1.54) is 19.3 Å². The largest absolute Gasteiger partial charge is 0.460 e. The standard InChI is InChI=1S/C15H27NO2S/c1-5-7-8-9-10-13(16-14(19)6-2)11-18-15(17)12(3)4/h13H,3,5-11H2,1-2,4H3,(H,16,19). The molecule has 0 saturated heterocycles. The number of hydrogen-bond donors (Lipinski definition) is 1. The van der Waals surface area contributed by atoms with E-state index in [1.807, 2.05) is 6.92 Å².